The van der Waals surface area contributed by atoms with Gasteiger partial charge in [-0.15, -0.1) is 0 Å². The van der Waals surface area contributed by atoms with Crippen LogP contribution in [0.15, 0.2) is 211 Å². The summed E-state index contributed by atoms with van der Waals surface area (Å²) >= 11 is 0. The summed E-state index contributed by atoms with van der Waals surface area (Å²) < 4.78 is 12.7. The standard InChI is InChI=1S/C53H36N2O2/c1-3-12-38(13-4-1)45-17-9-10-18-49(45)55(43-26-21-36(22-27-43)41-20-19-35-11-7-8-16-40(35)31-41)44-28-23-37(24-29-44)42-25-30-46-47-33-48-52(34-51(47)56-50(46)32-42)57-53(54-48)39-14-5-2-6-15-39/h1-34,53-54H. The van der Waals surface area contributed by atoms with Gasteiger partial charge in [-0.3, -0.25) is 0 Å². The lowest BCUT2D eigenvalue weighted by Crippen LogP contribution is -2.11. The number of nitrogens with zero attached hydrogens (tertiary/aromatic N) is 1. The minimum atomic E-state index is -0.217. The zero-order valence-electron chi connectivity index (χ0n) is 31.0. The number of nitrogens with one attached hydrogen (secondary N) is 1. The van der Waals surface area contributed by atoms with Crippen molar-refractivity contribution >= 4 is 55.5 Å². The quantitative estimate of drug-likeness (QED) is 0.177. The Bertz CT molecular complexity index is 3060. The van der Waals surface area contributed by atoms with Crippen LogP contribution in [-0.2, 0) is 0 Å². The molecule has 0 aliphatic carbocycles. The molecule has 1 unspecified atom stereocenters. The van der Waals surface area contributed by atoms with Crippen molar-refractivity contribution in [3.63, 3.8) is 0 Å². The van der Waals surface area contributed by atoms with Gasteiger partial charge >= 0.3 is 0 Å². The fraction of sp³-hybridized carbons (Fsp3) is 0.0189. The van der Waals surface area contributed by atoms with Crippen molar-refractivity contribution < 1.29 is 9.15 Å². The van der Waals surface area contributed by atoms with Crippen molar-refractivity contribution in [2.45, 2.75) is 6.23 Å². The van der Waals surface area contributed by atoms with E-state index in [4.69, 9.17) is 9.15 Å². The molecule has 0 radical (unpaired) electrons. The van der Waals surface area contributed by atoms with Crippen molar-refractivity contribution in [1.29, 1.82) is 0 Å². The summed E-state index contributed by atoms with van der Waals surface area (Å²) in [6.07, 6.45) is -0.217. The first-order chi connectivity index (χ1) is 28.2. The maximum absolute atomic E-state index is 6.46. The number of benzene rings is 9. The third kappa shape index (κ3) is 5.96. The van der Waals surface area contributed by atoms with E-state index in [0.29, 0.717) is 0 Å². The molecule has 0 spiro atoms. The number of anilines is 4. The minimum absolute atomic E-state index is 0.217. The van der Waals surface area contributed by atoms with Crippen LogP contribution in [-0.4, -0.2) is 0 Å². The Kier molecular flexibility index (Phi) is 7.85. The first-order valence-electron chi connectivity index (χ1n) is 19.3. The van der Waals surface area contributed by atoms with Crippen LogP contribution in [0.1, 0.15) is 11.8 Å². The summed E-state index contributed by atoms with van der Waals surface area (Å²) in [4.78, 5) is 2.36. The summed E-state index contributed by atoms with van der Waals surface area (Å²) in [5.74, 6) is 0.799. The Morgan fingerprint density at radius 2 is 1.02 bits per heavy atom. The second kappa shape index (κ2) is 13.6. The third-order valence-corrected chi connectivity index (χ3v) is 11.1. The molecule has 0 fully saturated rings. The Labute approximate surface area is 330 Å². The molecule has 4 nitrogen and oxygen atoms in total. The smallest absolute Gasteiger partial charge is 0.196 e. The molecular formula is C53H36N2O2. The van der Waals surface area contributed by atoms with E-state index in [-0.39, 0.29) is 6.23 Å². The fourth-order valence-electron chi connectivity index (χ4n) is 8.20. The van der Waals surface area contributed by atoms with E-state index in [0.717, 1.165) is 67.1 Å². The maximum atomic E-state index is 6.46. The zero-order chi connectivity index (χ0) is 37.7. The van der Waals surface area contributed by atoms with Crippen molar-refractivity contribution in [2.75, 3.05) is 10.2 Å². The third-order valence-electron chi connectivity index (χ3n) is 11.1. The molecule has 1 aliphatic rings. The summed E-state index contributed by atoms with van der Waals surface area (Å²) in [5.41, 5.74) is 13.9. The van der Waals surface area contributed by atoms with E-state index >= 15 is 0 Å². The van der Waals surface area contributed by atoms with Gasteiger partial charge in [0, 0.05) is 39.3 Å². The van der Waals surface area contributed by atoms with Crippen molar-refractivity contribution in [2.24, 2.45) is 0 Å². The van der Waals surface area contributed by atoms with Gasteiger partial charge < -0.3 is 19.4 Å². The van der Waals surface area contributed by atoms with Crippen molar-refractivity contribution in [3.8, 4) is 39.1 Å². The maximum Gasteiger partial charge on any atom is 0.196 e. The molecule has 4 heteroatoms. The van der Waals surface area contributed by atoms with Crippen LogP contribution in [0.5, 0.6) is 5.75 Å². The largest absolute Gasteiger partial charge is 0.464 e. The molecule has 10 aromatic rings. The van der Waals surface area contributed by atoms with Gasteiger partial charge in [0.05, 0.1) is 11.4 Å². The minimum Gasteiger partial charge on any atom is -0.464 e. The second-order valence-electron chi connectivity index (χ2n) is 14.6. The lowest BCUT2D eigenvalue weighted by molar-refractivity contribution is 0.260. The molecule has 11 rings (SSSR count). The molecule has 0 bridgehead atoms. The van der Waals surface area contributed by atoms with E-state index in [1.165, 1.54) is 33.0 Å². The van der Waals surface area contributed by atoms with Gasteiger partial charge in [-0.05, 0) is 93.2 Å². The molecule has 1 N–H and O–H groups in total. The van der Waals surface area contributed by atoms with Gasteiger partial charge in [0.2, 0.25) is 0 Å². The molecule has 1 atom stereocenters. The molecule has 0 saturated heterocycles. The molecule has 0 saturated carbocycles. The molecule has 0 amide bonds. The SMILES string of the molecule is c1ccc(-c2ccccc2N(c2ccc(-c3ccc4ccccc4c3)cc2)c2ccc(-c3ccc4c(c3)oc3cc5c(cc34)NC(c3ccccc3)O5)cc2)cc1. The Balaban J connectivity index is 0.939. The van der Waals surface area contributed by atoms with Crippen LogP contribution in [0.3, 0.4) is 0 Å². The van der Waals surface area contributed by atoms with E-state index in [9.17, 15) is 0 Å². The topological polar surface area (TPSA) is 37.6 Å². The molecule has 270 valence electrons. The van der Waals surface area contributed by atoms with Gasteiger partial charge in [0.25, 0.3) is 0 Å². The second-order valence-corrected chi connectivity index (χ2v) is 14.6. The van der Waals surface area contributed by atoms with Crippen LogP contribution in [0.4, 0.5) is 22.7 Å². The van der Waals surface area contributed by atoms with Gasteiger partial charge in [-0.2, -0.15) is 0 Å². The lowest BCUT2D eigenvalue weighted by Gasteiger charge is -2.28. The van der Waals surface area contributed by atoms with E-state index in [1.54, 1.807) is 0 Å². The number of ether oxygens (including phenoxy) is 1. The number of rotatable bonds is 7. The highest BCUT2D eigenvalue weighted by Crippen LogP contribution is 2.45. The molecular weight excluding hydrogens is 697 g/mol. The van der Waals surface area contributed by atoms with Crippen LogP contribution < -0.4 is 15.0 Å². The Morgan fingerprint density at radius 1 is 0.421 bits per heavy atom. The van der Waals surface area contributed by atoms with Gasteiger partial charge in [0.1, 0.15) is 16.9 Å². The van der Waals surface area contributed by atoms with E-state index in [2.05, 4.69) is 192 Å². The predicted octanol–water partition coefficient (Wildman–Crippen LogP) is 14.7. The Morgan fingerprint density at radius 3 is 1.77 bits per heavy atom. The predicted molar refractivity (Wildman–Crippen MR) is 236 cm³/mol. The number of fused-ring (bicyclic) bond motifs is 5. The van der Waals surface area contributed by atoms with Crippen molar-refractivity contribution in [3.05, 3.63) is 212 Å². The molecule has 2 heterocycles. The van der Waals surface area contributed by atoms with Gasteiger partial charge in [0.15, 0.2) is 6.23 Å². The summed E-state index contributed by atoms with van der Waals surface area (Å²) in [6.45, 7) is 0. The first-order valence-corrected chi connectivity index (χ1v) is 19.3. The number of hydrogen-bond donors (Lipinski definition) is 1. The highest BCUT2D eigenvalue weighted by atomic mass is 16.5. The van der Waals surface area contributed by atoms with E-state index in [1.807, 2.05) is 24.3 Å². The highest BCUT2D eigenvalue weighted by Gasteiger charge is 2.25. The molecule has 1 aromatic heterocycles. The van der Waals surface area contributed by atoms with E-state index < -0.39 is 0 Å². The Hall–Kier alpha value is -7.56. The number of furan rings is 1. The first kappa shape index (κ1) is 32.8. The number of hydrogen-bond acceptors (Lipinski definition) is 4. The lowest BCUT2D eigenvalue weighted by atomic mass is 9.99. The van der Waals surface area contributed by atoms with Crippen molar-refractivity contribution in [1.82, 2.24) is 0 Å². The zero-order valence-corrected chi connectivity index (χ0v) is 31.0. The normalized spacial score (nSPS) is 13.4. The van der Waals surface area contributed by atoms with Crippen LogP contribution >= 0.6 is 0 Å². The molecule has 57 heavy (non-hydrogen) atoms. The van der Waals surface area contributed by atoms with Gasteiger partial charge in [-0.25, -0.2) is 0 Å². The average molecular weight is 733 g/mol. The van der Waals surface area contributed by atoms with Gasteiger partial charge in [-0.1, -0.05) is 146 Å². The fourth-order valence-corrected chi connectivity index (χ4v) is 8.20. The highest BCUT2D eigenvalue weighted by molar-refractivity contribution is 6.08. The number of para-hydroxylation sites is 1. The average Bonchev–Trinajstić information content (AvgIpc) is 3.87. The van der Waals surface area contributed by atoms with Crippen LogP contribution in [0.2, 0.25) is 0 Å². The van der Waals surface area contributed by atoms with Crippen LogP contribution in [0.25, 0.3) is 66.1 Å². The summed E-state index contributed by atoms with van der Waals surface area (Å²) in [5, 5.41) is 8.16. The molecule has 9 aromatic carbocycles. The molecule has 1 aliphatic heterocycles. The summed E-state index contributed by atoms with van der Waals surface area (Å²) in [7, 11) is 0. The summed E-state index contributed by atoms with van der Waals surface area (Å²) in [6, 6.07) is 73.1. The van der Waals surface area contributed by atoms with Crippen LogP contribution in [0, 0.1) is 0 Å². The monoisotopic (exact) mass is 732 g/mol.